The maximum atomic E-state index is 14.6. The predicted molar refractivity (Wildman–Crippen MR) is 114 cm³/mol. The number of anilines is 1. The molecule has 5 nitrogen and oxygen atoms in total. The number of rotatable bonds is 6. The SMILES string of the molecule is Cc1cnc2[nH]cc(Cc3ccc(NCc4cc(F)ccc4S(C)=O)nc3F)c2c1. The standard InChI is InChI=1S/C22H20F2N4OS/c1-13-7-18-15(11-27-22(18)26-10-13)8-14-3-6-20(28-21(14)24)25-12-16-9-17(23)4-5-19(16)30(2)29/h3-7,9-11H,8,12H2,1-2H3,(H,25,28)(H,26,27). The Labute approximate surface area is 175 Å². The molecule has 0 aliphatic heterocycles. The van der Waals surface area contributed by atoms with Crippen molar-refractivity contribution < 1.29 is 13.0 Å². The Bertz CT molecular complexity index is 1260. The highest BCUT2D eigenvalue weighted by molar-refractivity contribution is 7.84. The molecule has 0 saturated heterocycles. The average molecular weight is 426 g/mol. The highest BCUT2D eigenvalue weighted by atomic mass is 32.2. The molecule has 0 aliphatic carbocycles. The van der Waals surface area contributed by atoms with E-state index in [4.69, 9.17) is 0 Å². The first-order valence-electron chi connectivity index (χ1n) is 9.34. The maximum absolute atomic E-state index is 14.6. The second-order valence-electron chi connectivity index (χ2n) is 7.11. The average Bonchev–Trinajstić information content (AvgIpc) is 3.10. The van der Waals surface area contributed by atoms with E-state index in [-0.39, 0.29) is 6.54 Å². The van der Waals surface area contributed by atoms with Gasteiger partial charge in [0.1, 0.15) is 17.3 Å². The molecule has 3 aromatic heterocycles. The Kier molecular flexibility index (Phi) is 5.59. The Morgan fingerprint density at radius 3 is 2.70 bits per heavy atom. The fraction of sp³-hybridized carbons (Fsp3) is 0.182. The van der Waals surface area contributed by atoms with Crippen LogP contribution in [-0.2, 0) is 23.8 Å². The van der Waals surface area contributed by atoms with Crippen LogP contribution in [0, 0.1) is 18.7 Å². The minimum Gasteiger partial charge on any atom is -0.366 e. The van der Waals surface area contributed by atoms with Crippen molar-refractivity contribution in [2.24, 2.45) is 0 Å². The van der Waals surface area contributed by atoms with E-state index in [1.54, 1.807) is 18.3 Å². The van der Waals surface area contributed by atoms with Gasteiger partial charge in [0.15, 0.2) is 0 Å². The molecule has 2 N–H and O–H groups in total. The molecule has 0 radical (unpaired) electrons. The number of nitrogens with one attached hydrogen (secondary N) is 2. The van der Waals surface area contributed by atoms with Crippen molar-refractivity contribution in [3.63, 3.8) is 0 Å². The van der Waals surface area contributed by atoms with Crippen LogP contribution >= 0.6 is 0 Å². The summed E-state index contributed by atoms with van der Waals surface area (Å²) in [5.74, 6) is -0.669. The number of aromatic amines is 1. The molecule has 0 aliphatic rings. The molecule has 4 aromatic rings. The Morgan fingerprint density at radius 1 is 1.10 bits per heavy atom. The lowest BCUT2D eigenvalue weighted by Crippen LogP contribution is -2.07. The smallest absolute Gasteiger partial charge is 0.218 e. The molecule has 1 aromatic carbocycles. The highest BCUT2D eigenvalue weighted by Gasteiger charge is 2.12. The van der Waals surface area contributed by atoms with E-state index in [1.165, 1.54) is 24.5 Å². The van der Waals surface area contributed by atoms with Crippen LogP contribution in [0.1, 0.15) is 22.3 Å². The minimum atomic E-state index is -1.26. The monoisotopic (exact) mass is 426 g/mol. The number of hydrogen-bond acceptors (Lipinski definition) is 4. The Balaban J connectivity index is 1.52. The van der Waals surface area contributed by atoms with Gasteiger partial charge in [0.25, 0.3) is 0 Å². The van der Waals surface area contributed by atoms with Gasteiger partial charge in [-0.25, -0.2) is 14.4 Å². The summed E-state index contributed by atoms with van der Waals surface area (Å²) in [6, 6.07) is 9.47. The third-order valence-corrected chi connectivity index (χ3v) is 5.87. The van der Waals surface area contributed by atoms with Gasteiger partial charge in [0.2, 0.25) is 5.95 Å². The predicted octanol–water partition coefficient (Wildman–Crippen LogP) is 4.48. The molecule has 0 fully saturated rings. The third-order valence-electron chi connectivity index (χ3n) is 4.85. The van der Waals surface area contributed by atoms with Gasteiger partial charge in [-0.15, -0.1) is 0 Å². The van der Waals surface area contributed by atoms with Gasteiger partial charge in [-0.05, 0) is 53.9 Å². The molecule has 4 rings (SSSR count). The molecule has 0 spiro atoms. The summed E-state index contributed by atoms with van der Waals surface area (Å²) in [6.45, 7) is 2.15. The lowest BCUT2D eigenvalue weighted by Gasteiger charge is -2.11. The highest BCUT2D eigenvalue weighted by Crippen LogP contribution is 2.23. The van der Waals surface area contributed by atoms with Gasteiger partial charge >= 0.3 is 0 Å². The first-order chi connectivity index (χ1) is 14.4. The van der Waals surface area contributed by atoms with E-state index in [2.05, 4.69) is 20.3 Å². The minimum absolute atomic E-state index is 0.186. The van der Waals surface area contributed by atoms with Crippen molar-refractivity contribution in [3.8, 4) is 0 Å². The normalized spacial score (nSPS) is 12.3. The van der Waals surface area contributed by atoms with Crippen LogP contribution < -0.4 is 5.32 Å². The van der Waals surface area contributed by atoms with Crippen LogP contribution in [0.2, 0.25) is 0 Å². The molecule has 0 amide bonds. The molecule has 8 heteroatoms. The second kappa shape index (κ2) is 8.31. The molecule has 30 heavy (non-hydrogen) atoms. The number of nitrogens with zero attached hydrogens (tertiary/aromatic N) is 2. The molecule has 1 atom stereocenters. The number of halogens is 2. The lowest BCUT2D eigenvalue weighted by atomic mass is 10.1. The van der Waals surface area contributed by atoms with Crippen LogP contribution in [0.15, 0.2) is 53.7 Å². The topological polar surface area (TPSA) is 70.7 Å². The number of aromatic nitrogens is 3. The van der Waals surface area contributed by atoms with Crippen LogP contribution in [0.3, 0.4) is 0 Å². The van der Waals surface area contributed by atoms with Gasteiger partial charge < -0.3 is 10.3 Å². The fourth-order valence-electron chi connectivity index (χ4n) is 3.36. The van der Waals surface area contributed by atoms with Crippen LogP contribution in [0.25, 0.3) is 11.0 Å². The zero-order valence-corrected chi connectivity index (χ0v) is 17.3. The second-order valence-corrected chi connectivity index (χ2v) is 8.45. The summed E-state index contributed by atoms with van der Waals surface area (Å²) < 4.78 is 40.0. The molecule has 0 bridgehead atoms. The van der Waals surface area contributed by atoms with E-state index in [0.29, 0.717) is 28.3 Å². The maximum Gasteiger partial charge on any atom is 0.218 e. The van der Waals surface area contributed by atoms with Crippen LogP contribution in [0.5, 0.6) is 0 Å². The van der Waals surface area contributed by atoms with Gasteiger partial charge in [0, 0.05) is 47.5 Å². The number of pyridine rings is 2. The summed E-state index contributed by atoms with van der Waals surface area (Å²) in [4.78, 5) is 12.0. The van der Waals surface area contributed by atoms with Gasteiger partial charge in [-0.1, -0.05) is 6.07 Å². The largest absolute Gasteiger partial charge is 0.366 e. The zero-order chi connectivity index (χ0) is 21.3. The van der Waals surface area contributed by atoms with Crippen LogP contribution in [0.4, 0.5) is 14.6 Å². The summed E-state index contributed by atoms with van der Waals surface area (Å²) in [5, 5.41) is 3.94. The number of benzene rings is 1. The van der Waals surface area contributed by atoms with Crippen molar-refractivity contribution >= 4 is 27.7 Å². The zero-order valence-electron chi connectivity index (χ0n) is 16.5. The van der Waals surface area contributed by atoms with Crippen molar-refractivity contribution in [1.82, 2.24) is 15.0 Å². The lowest BCUT2D eigenvalue weighted by molar-refractivity contribution is 0.571. The van der Waals surface area contributed by atoms with Crippen molar-refractivity contribution in [2.45, 2.75) is 24.8 Å². The quantitative estimate of drug-likeness (QED) is 0.446. The third kappa shape index (κ3) is 4.23. The number of aryl methyl sites for hydroxylation is 1. The summed E-state index contributed by atoms with van der Waals surface area (Å²) in [7, 11) is -1.26. The van der Waals surface area contributed by atoms with E-state index in [0.717, 1.165) is 22.2 Å². The molecule has 154 valence electrons. The molecule has 1 unspecified atom stereocenters. The summed E-state index contributed by atoms with van der Waals surface area (Å²) in [5.41, 5.74) is 3.75. The molecule has 0 saturated carbocycles. The van der Waals surface area contributed by atoms with Gasteiger partial charge in [-0.2, -0.15) is 4.39 Å². The van der Waals surface area contributed by atoms with E-state index in [1.807, 2.05) is 19.2 Å². The number of fused-ring (bicyclic) bond motifs is 1. The van der Waals surface area contributed by atoms with E-state index < -0.39 is 22.6 Å². The first-order valence-corrected chi connectivity index (χ1v) is 10.9. The van der Waals surface area contributed by atoms with Crippen molar-refractivity contribution in [3.05, 3.63) is 82.8 Å². The Hall–Kier alpha value is -3.13. The van der Waals surface area contributed by atoms with Gasteiger partial charge in [-0.3, -0.25) is 4.21 Å². The van der Waals surface area contributed by atoms with E-state index >= 15 is 0 Å². The van der Waals surface area contributed by atoms with E-state index in [9.17, 15) is 13.0 Å². The van der Waals surface area contributed by atoms with Gasteiger partial charge in [0.05, 0.1) is 10.8 Å². The molecular formula is C22H20F2N4OS. The van der Waals surface area contributed by atoms with Crippen molar-refractivity contribution in [1.29, 1.82) is 0 Å². The molecule has 3 heterocycles. The number of H-pyrrole nitrogens is 1. The Morgan fingerprint density at radius 2 is 1.93 bits per heavy atom. The summed E-state index contributed by atoms with van der Waals surface area (Å²) >= 11 is 0. The van der Waals surface area contributed by atoms with Crippen LogP contribution in [-0.4, -0.2) is 25.4 Å². The number of hydrogen-bond donors (Lipinski definition) is 2. The first kappa shape index (κ1) is 20.2. The molecular weight excluding hydrogens is 406 g/mol. The van der Waals surface area contributed by atoms with Crippen molar-refractivity contribution in [2.75, 3.05) is 11.6 Å². The fourth-order valence-corrected chi connectivity index (χ4v) is 4.12. The summed E-state index contributed by atoms with van der Waals surface area (Å²) in [6.07, 6.45) is 5.53.